The van der Waals surface area contributed by atoms with Crippen LogP contribution in [-0.4, -0.2) is 58.3 Å². The first-order chi connectivity index (χ1) is 24.6. The van der Waals surface area contributed by atoms with Gasteiger partial charge in [-0.2, -0.15) is 0 Å². The number of aryl methyl sites for hydroxylation is 2. The van der Waals surface area contributed by atoms with Crippen molar-refractivity contribution >= 4 is 35.4 Å². The molecule has 3 aromatic carbocycles. The minimum absolute atomic E-state index is 0.0672. The lowest BCUT2D eigenvalue weighted by Gasteiger charge is -2.19. The first-order valence-corrected chi connectivity index (χ1v) is 17.3. The molecule has 4 rings (SSSR count). The molecule has 0 aliphatic rings. The summed E-state index contributed by atoms with van der Waals surface area (Å²) < 4.78 is 10.4. The smallest absolute Gasteiger partial charge is 0.408 e. The quantitative estimate of drug-likeness (QED) is 0.113. The summed E-state index contributed by atoms with van der Waals surface area (Å²) in [6, 6.07) is 26.8. The van der Waals surface area contributed by atoms with Gasteiger partial charge < -0.3 is 30.7 Å². The van der Waals surface area contributed by atoms with Crippen LogP contribution in [0.5, 0.6) is 0 Å². The third-order valence-electron chi connectivity index (χ3n) is 7.20. The molecule has 0 fully saturated rings. The Balaban J connectivity index is 1.47. The van der Waals surface area contributed by atoms with Crippen LogP contribution in [0.25, 0.3) is 22.6 Å². The maximum Gasteiger partial charge on any atom is 0.408 e. The minimum atomic E-state index is -0.669. The van der Waals surface area contributed by atoms with Gasteiger partial charge in [-0.15, -0.1) is 0 Å². The molecule has 12 nitrogen and oxygen atoms in total. The van der Waals surface area contributed by atoms with E-state index in [4.69, 9.17) is 19.4 Å². The monoisotopic (exact) mass is 708 g/mol. The van der Waals surface area contributed by atoms with E-state index < -0.39 is 29.3 Å². The van der Waals surface area contributed by atoms with E-state index in [0.29, 0.717) is 22.9 Å². The second kappa shape index (κ2) is 17.9. The zero-order chi connectivity index (χ0) is 37.7. The van der Waals surface area contributed by atoms with Crippen molar-refractivity contribution in [2.45, 2.75) is 78.4 Å². The fourth-order valence-electron chi connectivity index (χ4n) is 4.97. The number of hydrogen-bond acceptors (Lipinski definition) is 8. The number of anilines is 2. The number of carbonyl (C=O) groups is 4. The Morgan fingerprint density at radius 2 is 1.29 bits per heavy atom. The molecule has 4 amide bonds. The lowest BCUT2D eigenvalue weighted by molar-refractivity contribution is -0.116. The van der Waals surface area contributed by atoms with Crippen LogP contribution in [0.3, 0.4) is 0 Å². The highest BCUT2D eigenvalue weighted by atomic mass is 16.6. The van der Waals surface area contributed by atoms with Crippen LogP contribution in [0.1, 0.15) is 65.6 Å². The number of amides is 4. The zero-order valence-electron chi connectivity index (χ0n) is 30.7. The molecule has 0 aliphatic carbocycles. The number of alkyl carbamates (subject to hydrolysis) is 2. The number of hydrogen-bond donors (Lipinski definition) is 4. The van der Waals surface area contributed by atoms with Gasteiger partial charge in [0.25, 0.3) is 0 Å². The first-order valence-electron chi connectivity index (χ1n) is 17.3. The van der Waals surface area contributed by atoms with Gasteiger partial charge in [0.15, 0.2) is 5.82 Å². The number of nitrogens with one attached hydrogen (secondary N) is 4. The van der Waals surface area contributed by atoms with Crippen LogP contribution in [0.15, 0.2) is 84.9 Å². The minimum Gasteiger partial charge on any atom is -0.444 e. The fourth-order valence-corrected chi connectivity index (χ4v) is 4.97. The Bertz CT molecular complexity index is 1830. The summed E-state index contributed by atoms with van der Waals surface area (Å²) in [5.74, 6) is -0.160. The van der Waals surface area contributed by atoms with E-state index in [1.54, 1.807) is 59.7 Å². The van der Waals surface area contributed by atoms with Crippen LogP contribution in [-0.2, 0) is 31.9 Å². The fraction of sp³-hybridized carbons (Fsp3) is 0.350. The van der Waals surface area contributed by atoms with Crippen molar-refractivity contribution in [2.75, 3.05) is 23.7 Å². The largest absolute Gasteiger partial charge is 0.444 e. The standard InChI is InChI=1S/C40H48N6O6/c1-39(2,3)51-37(49)41-23-22-34(47)44-31-17-11-15-29(24-31)36-45-32(16-10-14-27-12-8-7-9-13-27)25-33(46-36)28-18-20-30(21-19-28)43-35(48)26-42-38(50)52-40(4,5)6/h7-9,11-13,15,17-21,24-25H,10,14,16,22-23,26H2,1-6H3,(H,41,49)(H,42,50)(H,43,48)(H,44,47). The highest BCUT2D eigenvalue weighted by Crippen LogP contribution is 2.26. The molecule has 0 spiro atoms. The van der Waals surface area contributed by atoms with Gasteiger partial charge in [-0.1, -0.05) is 54.6 Å². The summed E-state index contributed by atoms with van der Waals surface area (Å²) in [5.41, 5.74) is 4.19. The van der Waals surface area contributed by atoms with E-state index in [0.717, 1.165) is 36.1 Å². The molecular formula is C40H48N6O6. The maximum atomic E-state index is 12.7. The SMILES string of the molecule is CC(C)(C)OC(=O)NCCC(=O)Nc1cccc(-c2nc(CCCc3ccccc3)cc(-c3ccc(NC(=O)CNC(=O)OC(C)(C)C)cc3)n2)c1. The molecule has 1 heterocycles. The van der Waals surface area contributed by atoms with Crippen molar-refractivity contribution in [1.29, 1.82) is 0 Å². The Labute approximate surface area is 305 Å². The molecule has 0 bridgehead atoms. The Morgan fingerprint density at radius 3 is 1.96 bits per heavy atom. The van der Waals surface area contributed by atoms with E-state index in [9.17, 15) is 19.2 Å². The normalized spacial score (nSPS) is 11.3. The predicted molar refractivity (Wildman–Crippen MR) is 202 cm³/mol. The topological polar surface area (TPSA) is 161 Å². The van der Waals surface area contributed by atoms with Crippen LogP contribution in [0, 0.1) is 0 Å². The molecule has 0 atom stereocenters. The Morgan fingerprint density at radius 1 is 0.635 bits per heavy atom. The molecule has 0 saturated heterocycles. The summed E-state index contributed by atoms with van der Waals surface area (Å²) in [4.78, 5) is 58.8. The van der Waals surface area contributed by atoms with Crippen molar-refractivity contribution in [2.24, 2.45) is 0 Å². The van der Waals surface area contributed by atoms with Gasteiger partial charge in [-0.05, 0) is 96.7 Å². The van der Waals surface area contributed by atoms with E-state index in [1.807, 2.05) is 54.6 Å². The molecule has 0 radical (unpaired) electrons. The number of rotatable bonds is 13. The molecule has 4 aromatic rings. The average molecular weight is 709 g/mol. The lowest BCUT2D eigenvalue weighted by atomic mass is 10.0. The highest BCUT2D eigenvalue weighted by Gasteiger charge is 2.18. The summed E-state index contributed by atoms with van der Waals surface area (Å²) in [6.45, 7) is 10.5. The average Bonchev–Trinajstić information content (AvgIpc) is 3.07. The van der Waals surface area contributed by atoms with Gasteiger partial charge in [0.1, 0.15) is 17.7 Å². The van der Waals surface area contributed by atoms with E-state index in [-0.39, 0.29) is 25.4 Å². The molecule has 4 N–H and O–H groups in total. The van der Waals surface area contributed by atoms with E-state index >= 15 is 0 Å². The van der Waals surface area contributed by atoms with Crippen molar-refractivity contribution in [1.82, 2.24) is 20.6 Å². The molecule has 0 unspecified atom stereocenters. The maximum absolute atomic E-state index is 12.7. The van der Waals surface area contributed by atoms with Crippen LogP contribution in [0.4, 0.5) is 21.0 Å². The first kappa shape index (κ1) is 39.0. The van der Waals surface area contributed by atoms with Gasteiger partial charge >= 0.3 is 12.2 Å². The van der Waals surface area contributed by atoms with Gasteiger partial charge in [0, 0.05) is 41.2 Å². The zero-order valence-corrected chi connectivity index (χ0v) is 30.7. The van der Waals surface area contributed by atoms with Gasteiger partial charge in [-0.3, -0.25) is 9.59 Å². The number of ether oxygens (including phenoxy) is 2. The van der Waals surface area contributed by atoms with Crippen molar-refractivity contribution in [3.63, 3.8) is 0 Å². The third kappa shape index (κ3) is 13.9. The molecule has 0 saturated carbocycles. The molecule has 12 heteroatoms. The molecule has 0 aliphatic heterocycles. The van der Waals surface area contributed by atoms with Crippen LogP contribution >= 0.6 is 0 Å². The second-order valence-corrected chi connectivity index (χ2v) is 14.2. The van der Waals surface area contributed by atoms with E-state index in [1.165, 1.54) is 5.56 Å². The molecule has 1 aromatic heterocycles. The van der Waals surface area contributed by atoms with Crippen LogP contribution < -0.4 is 21.3 Å². The summed E-state index contributed by atoms with van der Waals surface area (Å²) >= 11 is 0. The molecular weight excluding hydrogens is 660 g/mol. The number of aromatic nitrogens is 2. The van der Waals surface area contributed by atoms with Gasteiger partial charge in [-0.25, -0.2) is 19.6 Å². The van der Waals surface area contributed by atoms with Crippen molar-refractivity contribution in [3.05, 3.63) is 96.2 Å². The summed E-state index contributed by atoms with van der Waals surface area (Å²) in [5, 5.41) is 10.7. The number of benzene rings is 3. The van der Waals surface area contributed by atoms with Crippen molar-refractivity contribution < 1.29 is 28.7 Å². The van der Waals surface area contributed by atoms with Crippen molar-refractivity contribution in [3.8, 4) is 22.6 Å². The Kier molecular flexibility index (Phi) is 13.5. The van der Waals surface area contributed by atoms with E-state index in [2.05, 4.69) is 33.4 Å². The predicted octanol–water partition coefficient (Wildman–Crippen LogP) is 7.30. The van der Waals surface area contributed by atoms with Gasteiger partial charge in [0.05, 0.1) is 5.69 Å². The summed E-state index contributed by atoms with van der Waals surface area (Å²) in [6.07, 6.45) is 1.32. The summed E-state index contributed by atoms with van der Waals surface area (Å²) in [7, 11) is 0. The number of nitrogens with zero attached hydrogens (tertiary/aromatic N) is 2. The second-order valence-electron chi connectivity index (χ2n) is 14.2. The Hall–Kier alpha value is -5.78. The molecule has 274 valence electrons. The highest BCUT2D eigenvalue weighted by molar-refractivity contribution is 5.94. The van der Waals surface area contributed by atoms with Crippen LogP contribution in [0.2, 0.25) is 0 Å². The third-order valence-corrected chi connectivity index (χ3v) is 7.20. The van der Waals surface area contributed by atoms with Gasteiger partial charge in [0.2, 0.25) is 11.8 Å². The lowest BCUT2D eigenvalue weighted by Crippen LogP contribution is -2.37. The number of carbonyl (C=O) groups excluding carboxylic acids is 4. The molecule has 52 heavy (non-hydrogen) atoms.